The van der Waals surface area contributed by atoms with E-state index in [4.69, 9.17) is 4.42 Å². The van der Waals surface area contributed by atoms with Crippen LogP contribution >= 0.6 is 0 Å². The predicted octanol–water partition coefficient (Wildman–Crippen LogP) is 1.05. The summed E-state index contributed by atoms with van der Waals surface area (Å²) in [4.78, 5) is 27.3. The van der Waals surface area contributed by atoms with Crippen molar-refractivity contribution in [2.75, 3.05) is 0 Å². The van der Waals surface area contributed by atoms with Crippen LogP contribution in [0.1, 0.15) is 15.9 Å². The first-order chi connectivity index (χ1) is 11.3. The largest absolute Gasteiger partial charge is 0.417 e. The van der Waals surface area contributed by atoms with Gasteiger partial charge in [-0.3, -0.25) is 15.2 Å². The number of aryl methyl sites for hydroxylation is 1. The molecule has 8 nitrogen and oxygen atoms in total. The van der Waals surface area contributed by atoms with Crippen LogP contribution in [0.25, 0.3) is 11.1 Å². The number of carbonyl (C=O) groups is 1. The van der Waals surface area contributed by atoms with Crippen LogP contribution in [0.5, 0.6) is 0 Å². The molecule has 0 radical (unpaired) electrons. The van der Waals surface area contributed by atoms with Crippen LogP contribution in [-0.2, 0) is 10.0 Å². The maximum absolute atomic E-state index is 12.2. The lowest BCUT2D eigenvalue weighted by Gasteiger charge is -2.08. The summed E-state index contributed by atoms with van der Waals surface area (Å²) in [5.74, 6) is -1.27. The number of benzene rings is 2. The molecule has 24 heavy (non-hydrogen) atoms. The standard InChI is InChI=1S/C15H13N3O5S/c1-9-2-4-10(5-3-9)14(19)17-18-24(21,22)11-6-7-12-13(8-11)23-15(20)16-12/h2-8,18H,1H3,(H,16,20)(H,17,19). The van der Waals surface area contributed by atoms with Crippen LogP contribution in [0.15, 0.2) is 56.6 Å². The molecule has 0 saturated heterocycles. The topological polar surface area (TPSA) is 121 Å². The Bertz CT molecular complexity index is 1060. The van der Waals surface area contributed by atoms with Crippen molar-refractivity contribution in [2.45, 2.75) is 11.8 Å². The molecule has 0 unspecified atom stereocenters. The average molecular weight is 347 g/mol. The summed E-state index contributed by atoms with van der Waals surface area (Å²) in [6.45, 7) is 1.87. The van der Waals surface area contributed by atoms with Crippen molar-refractivity contribution in [3.63, 3.8) is 0 Å². The Hall–Kier alpha value is -2.91. The van der Waals surface area contributed by atoms with E-state index in [1.54, 1.807) is 24.3 Å². The second-order valence-corrected chi connectivity index (χ2v) is 6.78. The zero-order valence-electron chi connectivity index (χ0n) is 12.5. The summed E-state index contributed by atoms with van der Waals surface area (Å²) in [7, 11) is -4.01. The molecular formula is C15H13N3O5S. The minimum absolute atomic E-state index is 0.104. The van der Waals surface area contributed by atoms with Crippen LogP contribution in [0.3, 0.4) is 0 Å². The van der Waals surface area contributed by atoms with Gasteiger partial charge in [0, 0.05) is 11.6 Å². The van der Waals surface area contributed by atoms with Gasteiger partial charge >= 0.3 is 5.76 Å². The Morgan fingerprint density at radius 1 is 1.12 bits per heavy atom. The zero-order chi connectivity index (χ0) is 17.3. The van der Waals surface area contributed by atoms with Gasteiger partial charge in [-0.1, -0.05) is 17.7 Å². The molecule has 1 heterocycles. The number of carbonyl (C=O) groups excluding carboxylic acids is 1. The fraction of sp³-hybridized carbons (Fsp3) is 0.0667. The first-order valence-electron chi connectivity index (χ1n) is 6.87. The van der Waals surface area contributed by atoms with Gasteiger partial charge in [0.2, 0.25) is 0 Å². The van der Waals surface area contributed by atoms with Crippen LogP contribution in [0.4, 0.5) is 0 Å². The third kappa shape index (κ3) is 3.21. The Labute approximate surface area is 136 Å². The molecule has 1 aromatic heterocycles. The number of fused-ring (bicyclic) bond motifs is 1. The van der Waals surface area contributed by atoms with Crippen molar-refractivity contribution in [3.05, 3.63) is 64.1 Å². The fourth-order valence-electron chi connectivity index (χ4n) is 2.04. The van der Waals surface area contributed by atoms with E-state index in [-0.39, 0.29) is 10.5 Å². The Balaban J connectivity index is 1.78. The summed E-state index contributed by atoms with van der Waals surface area (Å²) >= 11 is 0. The van der Waals surface area contributed by atoms with Crippen LogP contribution in [0.2, 0.25) is 0 Å². The summed E-state index contributed by atoms with van der Waals surface area (Å²) in [6.07, 6.45) is 0. The van der Waals surface area contributed by atoms with Gasteiger partial charge in [0.05, 0.1) is 10.4 Å². The van der Waals surface area contributed by atoms with E-state index < -0.39 is 21.7 Å². The Kier molecular flexibility index (Phi) is 3.96. The van der Waals surface area contributed by atoms with E-state index in [1.807, 2.05) is 11.8 Å². The molecule has 0 aliphatic carbocycles. The predicted molar refractivity (Wildman–Crippen MR) is 85.8 cm³/mol. The molecule has 0 fully saturated rings. The molecule has 124 valence electrons. The second-order valence-electron chi connectivity index (χ2n) is 5.10. The third-order valence-electron chi connectivity index (χ3n) is 3.32. The summed E-state index contributed by atoms with van der Waals surface area (Å²) in [5, 5.41) is 0. The van der Waals surface area contributed by atoms with Crippen molar-refractivity contribution in [1.82, 2.24) is 15.2 Å². The van der Waals surface area contributed by atoms with Crippen LogP contribution in [0, 0.1) is 6.92 Å². The first-order valence-corrected chi connectivity index (χ1v) is 8.35. The molecule has 3 aromatic rings. The van der Waals surface area contributed by atoms with Gasteiger partial charge in [0.15, 0.2) is 5.58 Å². The SMILES string of the molecule is Cc1ccc(C(=O)NNS(=O)(=O)c2ccc3[nH]c(=O)oc3c2)cc1. The molecule has 0 spiro atoms. The van der Waals surface area contributed by atoms with E-state index >= 15 is 0 Å². The minimum Gasteiger partial charge on any atom is -0.408 e. The quantitative estimate of drug-likeness (QED) is 0.609. The van der Waals surface area contributed by atoms with E-state index in [2.05, 4.69) is 10.4 Å². The highest BCUT2D eigenvalue weighted by Crippen LogP contribution is 2.16. The number of H-pyrrole nitrogens is 1. The molecule has 9 heteroatoms. The highest BCUT2D eigenvalue weighted by molar-refractivity contribution is 7.89. The van der Waals surface area contributed by atoms with Gasteiger partial charge in [-0.2, -0.15) is 0 Å². The van der Waals surface area contributed by atoms with Crippen molar-refractivity contribution >= 4 is 27.0 Å². The van der Waals surface area contributed by atoms with Crippen molar-refractivity contribution in [2.24, 2.45) is 0 Å². The molecule has 3 rings (SSSR count). The van der Waals surface area contributed by atoms with E-state index in [1.165, 1.54) is 18.2 Å². The number of aromatic amines is 1. The lowest BCUT2D eigenvalue weighted by Crippen LogP contribution is -2.41. The van der Waals surface area contributed by atoms with Gasteiger partial charge in [-0.25, -0.2) is 13.2 Å². The highest BCUT2D eigenvalue weighted by Gasteiger charge is 2.17. The molecular weight excluding hydrogens is 334 g/mol. The number of rotatable bonds is 4. The summed E-state index contributed by atoms with van der Waals surface area (Å²) in [5.41, 5.74) is 3.91. The molecule has 0 aliphatic rings. The van der Waals surface area contributed by atoms with Gasteiger partial charge in [0.1, 0.15) is 0 Å². The zero-order valence-corrected chi connectivity index (χ0v) is 13.3. The number of hydrazine groups is 1. The van der Waals surface area contributed by atoms with E-state index in [9.17, 15) is 18.0 Å². The van der Waals surface area contributed by atoms with Crippen LogP contribution < -0.4 is 16.0 Å². The molecule has 1 amide bonds. The third-order valence-corrected chi connectivity index (χ3v) is 4.56. The fourth-order valence-corrected chi connectivity index (χ4v) is 2.90. The first kappa shape index (κ1) is 16.0. The molecule has 0 bridgehead atoms. The van der Waals surface area contributed by atoms with Gasteiger partial charge < -0.3 is 4.42 Å². The van der Waals surface area contributed by atoms with Gasteiger partial charge in [-0.05, 0) is 31.2 Å². The number of amides is 1. The van der Waals surface area contributed by atoms with Crippen molar-refractivity contribution < 1.29 is 17.6 Å². The summed E-state index contributed by atoms with van der Waals surface area (Å²) in [6, 6.07) is 10.5. The van der Waals surface area contributed by atoms with E-state index in [0.717, 1.165) is 5.56 Å². The number of aromatic nitrogens is 1. The Morgan fingerprint density at radius 2 is 1.83 bits per heavy atom. The number of nitrogens with one attached hydrogen (secondary N) is 3. The van der Waals surface area contributed by atoms with Crippen molar-refractivity contribution in [1.29, 1.82) is 0 Å². The van der Waals surface area contributed by atoms with E-state index in [0.29, 0.717) is 11.1 Å². The Morgan fingerprint density at radius 3 is 2.54 bits per heavy atom. The molecule has 2 aromatic carbocycles. The molecule has 0 saturated carbocycles. The maximum atomic E-state index is 12.2. The second kappa shape index (κ2) is 5.95. The monoisotopic (exact) mass is 347 g/mol. The number of hydrogen-bond acceptors (Lipinski definition) is 5. The number of sulfonamides is 1. The van der Waals surface area contributed by atoms with Crippen molar-refractivity contribution in [3.8, 4) is 0 Å². The number of hydrogen-bond donors (Lipinski definition) is 3. The molecule has 3 N–H and O–H groups in total. The van der Waals surface area contributed by atoms with Gasteiger partial charge in [-0.15, -0.1) is 4.83 Å². The number of oxazole rings is 1. The highest BCUT2D eigenvalue weighted by atomic mass is 32.2. The maximum Gasteiger partial charge on any atom is 0.417 e. The molecule has 0 atom stereocenters. The van der Waals surface area contributed by atoms with Gasteiger partial charge in [0.25, 0.3) is 15.9 Å². The normalized spacial score (nSPS) is 11.5. The smallest absolute Gasteiger partial charge is 0.408 e. The summed E-state index contributed by atoms with van der Waals surface area (Å²) < 4.78 is 29.3. The average Bonchev–Trinajstić information content (AvgIpc) is 2.92. The lowest BCUT2D eigenvalue weighted by molar-refractivity contribution is 0.0945. The minimum atomic E-state index is -4.01. The van der Waals surface area contributed by atoms with Crippen LogP contribution in [-0.4, -0.2) is 19.3 Å². The molecule has 0 aliphatic heterocycles. The lowest BCUT2D eigenvalue weighted by atomic mass is 10.1.